The lowest BCUT2D eigenvalue weighted by atomic mass is 9.99. The summed E-state index contributed by atoms with van der Waals surface area (Å²) in [5, 5.41) is 9.26. The van der Waals surface area contributed by atoms with E-state index in [9.17, 15) is 9.59 Å². The van der Waals surface area contributed by atoms with Gasteiger partial charge in [-0.3, -0.25) is 14.7 Å². The number of likely N-dealkylation sites (N-methyl/N-ethyl adjacent to an activating group) is 1. The van der Waals surface area contributed by atoms with Crippen LogP contribution in [0.3, 0.4) is 0 Å². The number of H-pyrrole nitrogens is 1. The van der Waals surface area contributed by atoms with Crippen molar-refractivity contribution in [3.8, 4) is 11.4 Å². The first-order chi connectivity index (χ1) is 11.2. The normalized spacial score (nSPS) is 17.8. The lowest BCUT2D eigenvalue weighted by Gasteiger charge is -2.34. The first kappa shape index (κ1) is 15.2. The van der Waals surface area contributed by atoms with E-state index in [1.807, 2.05) is 12.1 Å². The Morgan fingerprint density at radius 2 is 2.22 bits per heavy atom. The standard InChI is InChI=1S/C16H19N5O2/c1-17-15(22)13-7-2-3-8-21(13)16(23)12-6-4-5-11(9-12)14-18-10-19-20-14/h4-6,9-10,13H,2-3,7-8H2,1H3,(H,17,22)(H,18,19,20). The first-order valence-electron chi connectivity index (χ1n) is 7.69. The van der Waals surface area contributed by atoms with Gasteiger partial charge >= 0.3 is 0 Å². The fourth-order valence-corrected chi connectivity index (χ4v) is 2.92. The number of benzene rings is 1. The quantitative estimate of drug-likeness (QED) is 0.891. The van der Waals surface area contributed by atoms with Gasteiger partial charge in [0.05, 0.1) is 0 Å². The Labute approximate surface area is 134 Å². The molecule has 1 aromatic heterocycles. The van der Waals surface area contributed by atoms with Gasteiger partial charge in [0.2, 0.25) is 5.91 Å². The van der Waals surface area contributed by atoms with Crippen molar-refractivity contribution in [3.63, 3.8) is 0 Å². The van der Waals surface area contributed by atoms with E-state index >= 15 is 0 Å². The molecule has 0 spiro atoms. The summed E-state index contributed by atoms with van der Waals surface area (Å²) < 4.78 is 0. The van der Waals surface area contributed by atoms with Gasteiger partial charge in [-0.2, -0.15) is 5.10 Å². The zero-order valence-electron chi connectivity index (χ0n) is 13.0. The van der Waals surface area contributed by atoms with Crippen LogP contribution in [0.2, 0.25) is 0 Å². The highest BCUT2D eigenvalue weighted by Crippen LogP contribution is 2.22. The Bertz CT molecular complexity index is 698. The zero-order valence-corrected chi connectivity index (χ0v) is 13.0. The maximum atomic E-state index is 12.9. The van der Waals surface area contributed by atoms with E-state index in [0.717, 1.165) is 18.4 Å². The minimum Gasteiger partial charge on any atom is -0.357 e. The summed E-state index contributed by atoms with van der Waals surface area (Å²) in [7, 11) is 1.60. The van der Waals surface area contributed by atoms with Crippen LogP contribution in [-0.4, -0.2) is 51.5 Å². The van der Waals surface area contributed by atoms with Gasteiger partial charge in [0.1, 0.15) is 12.4 Å². The van der Waals surface area contributed by atoms with E-state index in [2.05, 4.69) is 20.5 Å². The summed E-state index contributed by atoms with van der Waals surface area (Å²) in [5.74, 6) is 0.380. The molecular weight excluding hydrogens is 294 g/mol. The molecule has 2 N–H and O–H groups in total. The molecule has 1 unspecified atom stereocenters. The molecule has 1 saturated heterocycles. The van der Waals surface area contributed by atoms with Crippen LogP contribution in [0.25, 0.3) is 11.4 Å². The van der Waals surface area contributed by atoms with E-state index in [0.29, 0.717) is 24.4 Å². The highest BCUT2D eigenvalue weighted by atomic mass is 16.2. The van der Waals surface area contributed by atoms with Crippen LogP contribution >= 0.6 is 0 Å². The smallest absolute Gasteiger partial charge is 0.254 e. The Morgan fingerprint density at radius 1 is 1.35 bits per heavy atom. The molecule has 1 aliphatic heterocycles. The van der Waals surface area contributed by atoms with Crippen molar-refractivity contribution < 1.29 is 9.59 Å². The molecule has 2 heterocycles. The largest absolute Gasteiger partial charge is 0.357 e. The van der Waals surface area contributed by atoms with Crippen LogP contribution in [0.5, 0.6) is 0 Å². The predicted molar refractivity (Wildman–Crippen MR) is 84.6 cm³/mol. The Hall–Kier alpha value is -2.70. The van der Waals surface area contributed by atoms with Crippen LogP contribution < -0.4 is 5.32 Å². The van der Waals surface area contributed by atoms with Crippen molar-refractivity contribution in [1.29, 1.82) is 0 Å². The molecule has 1 fully saturated rings. The molecule has 0 aliphatic carbocycles. The molecule has 2 aromatic rings. The number of nitrogens with zero attached hydrogens (tertiary/aromatic N) is 3. The van der Waals surface area contributed by atoms with Crippen molar-refractivity contribution in [2.75, 3.05) is 13.6 Å². The topological polar surface area (TPSA) is 91.0 Å². The number of aromatic amines is 1. The SMILES string of the molecule is CNC(=O)C1CCCCN1C(=O)c1cccc(-c2ncn[nH]2)c1. The van der Waals surface area contributed by atoms with Crippen LogP contribution in [0, 0.1) is 0 Å². The average molecular weight is 313 g/mol. The fourth-order valence-electron chi connectivity index (χ4n) is 2.92. The van der Waals surface area contributed by atoms with Crippen molar-refractivity contribution in [2.45, 2.75) is 25.3 Å². The van der Waals surface area contributed by atoms with Crippen LogP contribution in [0.1, 0.15) is 29.6 Å². The third kappa shape index (κ3) is 3.08. The molecule has 0 bridgehead atoms. The minimum absolute atomic E-state index is 0.107. The predicted octanol–water partition coefficient (Wildman–Crippen LogP) is 1.21. The van der Waals surface area contributed by atoms with Crippen molar-refractivity contribution >= 4 is 11.8 Å². The zero-order chi connectivity index (χ0) is 16.2. The van der Waals surface area contributed by atoms with Gasteiger partial charge in [0.25, 0.3) is 5.91 Å². The molecule has 7 heteroatoms. The van der Waals surface area contributed by atoms with Gasteiger partial charge in [-0.15, -0.1) is 0 Å². The second-order valence-corrected chi connectivity index (χ2v) is 5.54. The fraction of sp³-hybridized carbons (Fsp3) is 0.375. The molecular formula is C16H19N5O2. The number of hydrogen-bond donors (Lipinski definition) is 2. The van der Waals surface area contributed by atoms with Crippen molar-refractivity contribution in [2.24, 2.45) is 0 Å². The molecule has 1 atom stereocenters. The summed E-state index contributed by atoms with van der Waals surface area (Å²) in [4.78, 5) is 30.7. The van der Waals surface area contributed by atoms with Gasteiger partial charge in [-0.05, 0) is 31.4 Å². The number of rotatable bonds is 3. The lowest BCUT2D eigenvalue weighted by Crippen LogP contribution is -2.51. The number of carbonyl (C=O) groups excluding carboxylic acids is 2. The Morgan fingerprint density at radius 3 is 2.96 bits per heavy atom. The maximum absolute atomic E-state index is 12.9. The second-order valence-electron chi connectivity index (χ2n) is 5.54. The number of piperidine rings is 1. The monoisotopic (exact) mass is 313 g/mol. The molecule has 120 valence electrons. The van der Waals surface area contributed by atoms with E-state index in [1.54, 1.807) is 24.1 Å². The molecule has 7 nitrogen and oxygen atoms in total. The van der Waals surface area contributed by atoms with E-state index in [1.165, 1.54) is 6.33 Å². The van der Waals surface area contributed by atoms with Gasteiger partial charge < -0.3 is 10.2 Å². The molecule has 23 heavy (non-hydrogen) atoms. The Balaban J connectivity index is 1.87. The van der Waals surface area contributed by atoms with Crippen LogP contribution in [-0.2, 0) is 4.79 Å². The summed E-state index contributed by atoms with van der Waals surface area (Å²) in [6.07, 6.45) is 4.00. The molecule has 1 aromatic carbocycles. The van der Waals surface area contributed by atoms with Gasteiger partial charge in [-0.1, -0.05) is 12.1 Å². The number of amides is 2. The molecule has 3 rings (SSSR count). The van der Waals surface area contributed by atoms with Gasteiger partial charge in [-0.25, -0.2) is 4.98 Å². The maximum Gasteiger partial charge on any atom is 0.254 e. The third-order valence-corrected chi connectivity index (χ3v) is 4.11. The molecule has 2 amide bonds. The highest BCUT2D eigenvalue weighted by molar-refractivity contribution is 5.98. The Kier molecular flexibility index (Phi) is 4.36. The van der Waals surface area contributed by atoms with E-state index < -0.39 is 6.04 Å². The number of hydrogen-bond acceptors (Lipinski definition) is 4. The van der Waals surface area contributed by atoms with E-state index in [4.69, 9.17) is 0 Å². The summed E-state index contributed by atoms with van der Waals surface area (Å²) in [5.41, 5.74) is 1.34. The van der Waals surface area contributed by atoms with Crippen molar-refractivity contribution in [1.82, 2.24) is 25.4 Å². The van der Waals surface area contributed by atoms with E-state index in [-0.39, 0.29) is 11.8 Å². The molecule has 1 aliphatic rings. The first-order valence-corrected chi connectivity index (χ1v) is 7.69. The van der Waals surface area contributed by atoms with Crippen LogP contribution in [0.15, 0.2) is 30.6 Å². The lowest BCUT2D eigenvalue weighted by molar-refractivity contribution is -0.126. The number of nitrogens with one attached hydrogen (secondary N) is 2. The third-order valence-electron chi connectivity index (χ3n) is 4.11. The van der Waals surface area contributed by atoms with Gasteiger partial charge in [0, 0.05) is 24.7 Å². The number of aromatic nitrogens is 3. The summed E-state index contributed by atoms with van der Waals surface area (Å²) >= 11 is 0. The highest BCUT2D eigenvalue weighted by Gasteiger charge is 2.32. The number of likely N-dealkylation sites (tertiary alicyclic amines) is 1. The average Bonchev–Trinajstić information content (AvgIpc) is 3.15. The second kappa shape index (κ2) is 6.60. The molecule has 0 radical (unpaired) electrons. The van der Waals surface area contributed by atoms with Crippen LogP contribution in [0.4, 0.5) is 0 Å². The summed E-state index contributed by atoms with van der Waals surface area (Å²) in [6, 6.07) is 6.82. The minimum atomic E-state index is -0.393. The van der Waals surface area contributed by atoms with Crippen molar-refractivity contribution in [3.05, 3.63) is 36.2 Å². The molecule has 0 saturated carbocycles. The summed E-state index contributed by atoms with van der Waals surface area (Å²) in [6.45, 7) is 0.601. The number of carbonyl (C=O) groups is 2. The van der Waals surface area contributed by atoms with Gasteiger partial charge in [0.15, 0.2) is 5.82 Å².